The molecule has 4 heteroatoms. The van der Waals surface area contributed by atoms with Crippen LogP contribution in [0.15, 0.2) is 18.2 Å². The zero-order valence-corrected chi connectivity index (χ0v) is 10.1. The molecule has 1 saturated heterocycles. The number of carbonyl (C=O) groups excluding carboxylic acids is 1. The molecule has 1 amide bonds. The number of nitrogens with zero attached hydrogens (tertiary/aromatic N) is 1. The lowest BCUT2D eigenvalue weighted by Crippen LogP contribution is -2.29. The summed E-state index contributed by atoms with van der Waals surface area (Å²) in [6.45, 7) is 1.50. The highest BCUT2D eigenvalue weighted by Gasteiger charge is 2.38. The first kappa shape index (κ1) is 11.5. The lowest BCUT2D eigenvalue weighted by Gasteiger charge is -2.18. The molecule has 0 aromatic heterocycles. The summed E-state index contributed by atoms with van der Waals surface area (Å²) in [5, 5.41) is 9.65. The predicted molar refractivity (Wildman–Crippen MR) is 64.8 cm³/mol. The number of hydrogen-bond acceptors (Lipinski definition) is 2. The molecular formula is C14H16FNO2. The lowest BCUT2D eigenvalue weighted by atomic mass is 10.0. The van der Waals surface area contributed by atoms with Gasteiger partial charge in [-0.15, -0.1) is 0 Å². The Morgan fingerprint density at radius 3 is 2.61 bits per heavy atom. The number of carbonyl (C=O) groups is 1. The minimum absolute atomic E-state index is 0.0787. The van der Waals surface area contributed by atoms with Gasteiger partial charge in [-0.25, -0.2) is 4.39 Å². The van der Waals surface area contributed by atoms with Crippen LogP contribution < -0.4 is 0 Å². The smallest absolute Gasteiger partial charge is 0.257 e. The van der Waals surface area contributed by atoms with Crippen molar-refractivity contribution in [2.75, 3.05) is 13.1 Å². The second-order valence-electron chi connectivity index (χ2n) is 5.32. The Morgan fingerprint density at radius 1 is 1.28 bits per heavy atom. The van der Waals surface area contributed by atoms with Crippen molar-refractivity contribution in [3.05, 3.63) is 29.6 Å². The van der Waals surface area contributed by atoms with Crippen LogP contribution in [0.5, 0.6) is 5.75 Å². The standard InChI is InChI=1S/C14H16FNO2/c15-11-4-5-13(17)12(6-11)14(18)16-7-9-2-1-3-10(9)8-16/h4-6,9-10,17H,1-3,7-8H2. The number of likely N-dealkylation sites (tertiary alicyclic amines) is 1. The van der Waals surface area contributed by atoms with E-state index in [4.69, 9.17) is 0 Å². The first-order chi connectivity index (χ1) is 8.65. The first-order valence-electron chi connectivity index (χ1n) is 6.43. The molecule has 1 heterocycles. The van der Waals surface area contributed by atoms with E-state index in [1.165, 1.54) is 25.3 Å². The Kier molecular flexibility index (Phi) is 2.73. The highest BCUT2D eigenvalue weighted by atomic mass is 19.1. The molecule has 0 spiro atoms. The van der Waals surface area contributed by atoms with Crippen LogP contribution >= 0.6 is 0 Å². The van der Waals surface area contributed by atoms with Crippen LogP contribution in [0.1, 0.15) is 29.6 Å². The third-order valence-electron chi connectivity index (χ3n) is 4.20. The lowest BCUT2D eigenvalue weighted by molar-refractivity contribution is 0.0777. The van der Waals surface area contributed by atoms with Gasteiger partial charge in [-0.2, -0.15) is 0 Å². The van der Waals surface area contributed by atoms with Crippen LogP contribution in [0, 0.1) is 17.7 Å². The average molecular weight is 249 g/mol. The topological polar surface area (TPSA) is 40.5 Å². The van der Waals surface area contributed by atoms with Gasteiger partial charge in [0.25, 0.3) is 5.91 Å². The number of rotatable bonds is 1. The van der Waals surface area contributed by atoms with Crippen LogP contribution in [-0.4, -0.2) is 29.0 Å². The van der Waals surface area contributed by atoms with Crippen molar-refractivity contribution in [1.29, 1.82) is 0 Å². The normalized spacial score (nSPS) is 26.4. The number of phenolic OH excluding ortho intramolecular Hbond substituents is 1. The fourth-order valence-corrected chi connectivity index (χ4v) is 3.25. The van der Waals surface area contributed by atoms with Crippen molar-refractivity contribution in [3.63, 3.8) is 0 Å². The first-order valence-corrected chi connectivity index (χ1v) is 6.43. The minimum atomic E-state index is -0.490. The summed E-state index contributed by atoms with van der Waals surface area (Å²) in [6.07, 6.45) is 3.62. The van der Waals surface area contributed by atoms with Gasteiger partial charge in [0.15, 0.2) is 0 Å². The van der Waals surface area contributed by atoms with Gasteiger partial charge in [0.2, 0.25) is 0 Å². The quantitative estimate of drug-likeness (QED) is 0.830. The molecular weight excluding hydrogens is 233 g/mol. The van der Waals surface area contributed by atoms with Gasteiger partial charge in [0.05, 0.1) is 5.56 Å². The second kappa shape index (κ2) is 4.26. The van der Waals surface area contributed by atoms with Crippen LogP contribution in [0.4, 0.5) is 4.39 Å². The molecule has 2 atom stereocenters. The Morgan fingerprint density at radius 2 is 1.94 bits per heavy atom. The second-order valence-corrected chi connectivity index (χ2v) is 5.32. The molecule has 18 heavy (non-hydrogen) atoms. The van der Waals surface area contributed by atoms with Crippen molar-refractivity contribution in [3.8, 4) is 5.75 Å². The SMILES string of the molecule is O=C(c1cc(F)ccc1O)N1CC2CCCC2C1. The maximum Gasteiger partial charge on any atom is 0.257 e. The third kappa shape index (κ3) is 1.85. The van der Waals surface area contributed by atoms with Crippen LogP contribution in [0.3, 0.4) is 0 Å². The summed E-state index contributed by atoms with van der Waals surface area (Å²) < 4.78 is 13.1. The number of phenols is 1. The summed E-state index contributed by atoms with van der Waals surface area (Å²) in [5.41, 5.74) is 0.0787. The molecule has 2 unspecified atom stereocenters. The third-order valence-corrected chi connectivity index (χ3v) is 4.20. The zero-order chi connectivity index (χ0) is 12.7. The average Bonchev–Trinajstić information content (AvgIpc) is 2.91. The molecule has 1 aliphatic carbocycles. The number of fused-ring (bicyclic) bond motifs is 1. The maximum absolute atomic E-state index is 13.1. The van der Waals surface area contributed by atoms with Crippen molar-refractivity contribution in [2.24, 2.45) is 11.8 Å². The molecule has 3 nitrogen and oxygen atoms in total. The van der Waals surface area contributed by atoms with Gasteiger partial charge < -0.3 is 10.0 Å². The minimum Gasteiger partial charge on any atom is -0.507 e. The molecule has 1 N–H and O–H groups in total. The van der Waals surface area contributed by atoms with Crippen molar-refractivity contribution in [2.45, 2.75) is 19.3 Å². The van der Waals surface area contributed by atoms with Crippen LogP contribution in [0.2, 0.25) is 0 Å². The number of benzene rings is 1. The predicted octanol–water partition coefficient (Wildman–Crippen LogP) is 2.40. The zero-order valence-electron chi connectivity index (χ0n) is 10.1. The molecule has 2 aliphatic rings. The summed E-state index contributed by atoms with van der Waals surface area (Å²) in [7, 11) is 0. The molecule has 1 aromatic carbocycles. The molecule has 0 radical (unpaired) electrons. The summed E-state index contributed by atoms with van der Waals surface area (Å²) >= 11 is 0. The Hall–Kier alpha value is -1.58. The molecule has 0 bridgehead atoms. The molecule has 96 valence electrons. The van der Waals surface area contributed by atoms with Gasteiger partial charge in [-0.05, 0) is 42.9 Å². The molecule has 1 aromatic rings. The molecule has 3 rings (SSSR count). The van der Waals surface area contributed by atoms with Gasteiger partial charge in [-0.3, -0.25) is 4.79 Å². The van der Waals surface area contributed by atoms with E-state index in [0.29, 0.717) is 11.8 Å². The van der Waals surface area contributed by atoms with Gasteiger partial charge in [0, 0.05) is 13.1 Å². The van der Waals surface area contributed by atoms with E-state index < -0.39 is 5.82 Å². The maximum atomic E-state index is 13.1. The summed E-state index contributed by atoms with van der Waals surface area (Å²) in [6, 6.07) is 3.51. The number of halogens is 1. The Bertz CT molecular complexity index is 477. The number of hydrogen-bond donors (Lipinski definition) is 1. The van der Waals surface area contributed by atoms with E-state index in [2.05, 4.69) is 0 Å². The van der Waals surface area contributed by atoms with E-state index in [1.807, 2.05) is 0 Å². The van der Waals surface area contributed by atoms with Crippen molar-refractivity contribution in [1.82, 2.24) is 4.90 Å². The fourth-order valence-electron chi connectivity index (χ4n) is 3.25. The van der Waals surface area contributed by atoms with E-state index in [0.717, 1.165) is 25.2 Å². The van der Waals surface area contributed by atoms with Crippen LogP contribution in [0.25, 0.3) is 0 Å². The molecule has 1 saturated carbocycles. The largest absolute Gasteiger partial charge is 0.507 e. The van der Waals surface area contributed by atoms with E-state index >= 15 is 0 Å². The fraction of sp³-hybridized carbons (Fsp3) is 0.500. The van der Waals surface area contributed by atoms with E-state index in [-0.39, 0.29) is 17.2 Å². The Balaban J connectivity index is 1.81. The molecule has 2 fully saturated rings. The molecule has 1 aliphatic heterocycles. The summed E-state index contributed by atoms with van der Waals surface area (Å²) in [5.74, 6) is 0.324. The van der Waals surface area contributed by atoms with E-state index in [1.54, 1.807) is 4.90 Å². The van der Waals surface area contributed by atoms with Crippen molar-refractivity contribution < 1.29 is 14.3 Å². The van der Waals surface area contributed by atoms with Crippen LogP contribution in [-0.2, 0) is 0 Å². The highest BCUT2D eigenvalue weighted by molar-refractivity contribution is 5.97. The van der Waals surface area contributed by atoms with Gasteiger partial charge >= 0.3 is 0 Å². The van der Waals surface area contributed by atoms with Gasteiger partial charge in [-0.1, -0.05) is 6.42 Å². The van der Waals surface area contributed by atoms with Gasteiger partial charge in [0.1, 0.15) is 11.6 Å². The number of amides is 1. The summed E-state index contributed by atoms with van der Waals surface area (Å²) in [4.78, 5) is 14.0. The number of aromatic hydroxyl groups is 1. The Labute approximate surface area is 105 Å². The highest BCUT2D eigenvalue weighted by Crippen LogP contribution is 2.38. The van der Waals surface area contributed by atoms with Crippen molar-refractivity contribution >= 4 is 5.91 Å². The van der Waals surface area contributed by atoms with E-state index in [9.17, 15) is 14.3 Å². The monoisotopic (exact) mass is 249 g/mol.